The Balaban J connectivity index is 0.00000121. The summed E-state index contributed by atoms with van der Waals surface area (Å²) in [4.78, 5) is 24.0. The molecule has 1 fully saturated rings. The van der Waals surface area contributed by atoms with Crippen LogP contribution < -0.4 is 21.5 Å². The zero-order valence-corrected chi connectivity index (χ0v) is 22.2. The number of amides is 1. The summed E-state index contributed by atoms with van der Waals surface area (Å²) in [5.74, 6) is 0.976. The Morgan fingerprint density at radius 3 is 2.73 bits per heavy atom. The van der Waals surface area contributed by atoms with Gasteiger partial charge in [-0.05, 0) is 44.4 Å². The number of hydrogen-bond acceptors (Lipinski definition) is 9. The van der Waals surface area contributed by atoms with Crippen LogP contribution >= 0.6 is 11.6 Å². The van der Waals surface area contributed by atoms with Gasteiger partial charge < -0.3 is 25.2 Å². The third-order valence-electron chi connectivity index (χ3n) is 5.27. The highest BCUT2D eigenvalue weighted by atomic mass is 35.5. The smallest absolute Gasteiger partial charge is 0.223 e. The van der Waals surface area contributed by atoms with Crippen LogP contribution in [0.3, 0.4) is 0 Å². The van der Waals surface area contributed by atoms with E-state index in [0.717, 1.165) is 19.3 Å². The van der Waals surface area contributed by atoms with Gasteiger partial charge in [-0.15, -0.1) is 0 Å². The minimum atomic E-state index is -0.494. The molecule has 37 heavy (non-hydrogen) atoms. The number of nitrogens with zero attached hydrogens (tertiary/aromatic N) is 3. The van der Waals surface area contributed by atoms with E-state index in [9.17, 15) is 4.79 Å². The lowest BCUT2D eigenvalue weighted by atomic mass is 10.1. The van der Waals surface area contributed by atoms with Crippen LogP contribution in [-0.2, 0) is 9.53 Å². The monoisotopic (exact) mass is 533 g/mol. The summed E-state index contributed by atoms with van der Waals surface area (Å²) in [6.45, 7) is 4.96. The Kier molecular flexibility index (Phi) is 10.6. The molecule has 1 amide bonds. The Morgan fingerprint density at radius 1 is 1.30 bits per heavy atom. The Morgan fingerprint density at radius 2 is 2.05 bits per heavy atom. The number of anilines is 2. The predicted octanol–water partition coefficient (Wildman–Crippen LogP) is 4.60. The van der Waals surface area contributed by atoms with E-state index in [1.807, 2.05) is 13.8 Å². The number of rotatable bonds is 12. The first-order valence-electron chi connectivity index (χ1n) is 12.1. The molecule has 200 valence electrons. The molecule has 0 radical (unpaired) electrons. The fourth-order valence-electron chi connectivity index (χ4n) is 3.32. The molecular weight excluding hydrogens is 501 g/mol. The van der Waals surface area contributed by atoms with Crippen LogP contribution in [0, 0.1) is 5.82 Å². The number of carbonyl (C=O) groups is 1. The van der Waals surface area contributed by atoms with Crippen molar-refractivity contribution in [2.75, 3.05) is 38.1 Å². The fraction of sp³-hybridized carbons (Fsp3) is 0.440. The van der Waals surface area contributed by atoms with Gasteiger partial charge in [-0.25, -0.2) is 24.8 Å². The van der Waals surface area contributed by atoms with Crippen molar-refractivity contribution in [2.45, 2.75) is 45.1 Å². The van der Waals surface area contributed by atoms with Crippen molar-refractivity contribution in [1.82, 2.24) is 25.7 Å². The van der Waals surface area contributed by atoms with Crippen molar-refractivity contribution in [3.05, 3.63) is 41.1 Å². The van der Waals surface area contributed by atoms with Crippen LogP contribution in [0.4, 0.5) is 16.0 Å². The minimum absolute atomic E-state index is 0.111. The maximum Gasteiger partial charge on any atom is 0.223 e. The van der Waals surface area contributed by atoms with Gasteiger partial charge in [-0.3, -0.25) is 4.79 Å². The third-order valence-corrected chi connectivity index (χ3v) is 5.49. The molecule has 0 bridgehead atoms. The van der Waals surface area contributed by atoms with Crippen molar-refractivity contribution in [3.8, 4) is 22.7 Å². The molecule has 0 spiro atoms. The lowest BCUT2D eigenvalue weighted by Gasteiger charge is -2.12. The van der Waals surface area contributed by atoms with Crippen LogP contribution in [0.15, 0.2) is 28.8 Å². The summed E-state index contributed by atoms with van der Waals surface area (Å²) in [5, 5.41) is 6.10. The van der Waals surface area contributed by atoms with Gasteiger partial charge in [0.05, 0.1) is 5.69 Å². The lowest BCUT2D eigenvalue weighted by Crippen LogP contribution is -2.31. The molecule has 1 aromatic carbocycles. The molecule has 10 nitrogen and oxygen atoms in total. The van der Waals surface area contributed by atoms with Crippen LogP contribution in [0.1, 0.15) is 44.9 Å². The second kappa shape index (κ2) is 13.9. The van der Waals surface area contributed by atoms with Crippen LogP contribution in [0.5, 0.6) is 0 Å². The van der Waals surface area contributed by atoms with Crippen molar-refractivity contribution in [1.29, 1.82) is 0 Å². The number of ether oxygens (including phenoxy) is 1. The fourth-order valence-corrected chi connectivity index (χ4v) is 3.54. The van der Waals surface area contributed by atoms with Crippen LogP contribution in [0.25, 0.3) is 22.7 Å². The zero-order chi connectivity index (χ0) is 26.8. The van der Waals surface area contributed by atoms with Crippen molar-refractivity contribution < 1.29 is 18.3 Å². The number of hydrogen-bond donors (Lipinski definition) is 4. The van der Waals surface area contributed by atoms with E-state index in [-0.39, 0.29) is 23.2 Å². The number of benzene rings is 1. The Labute approximate surface area is 220 Å². The largest absolute Gasteiger partial charge is 0.438 e. The van der Waals surface area contributed by atoms with Gasteiger partial charge in [0.2, 0.25) is 12.4 Å². The first-order chi connectivity index (χ1) is 17.9. The van der Waals surface area contributed by atoms with E-state index in [1.54, 1.807) is 26.5 Å². The summed E-state index contributed by atoms with van der Waals surface area (Å²) in [6, 6.07) is 4.63. The normalized spacial score (nSPS) is 13.4. The second-order valence-electron chi connectivity index (χ2n) is 8.61. The molecule has 3 aromatic rings. The zero-order valence-electron chi connectivity index (χ0n) is 21.4. The molecule has 1 aliphatic carbocycles. The number of halogens is 2. The van der Waals surface area contributed by atoms with Gasteiger partial charge in [0.25, 0.3) is 0 Å². The van der Waals surface area contributed by atoms with E-state index < -0.39 is 5.82 Å². The number of nitrogens with one attached hydrogen (secondary N) is 4. The third kappa shape index (κ3) is 7.85. The van der Waals surface area contributed by atoms with Crippen LogP contribution in [0.2, 0.25) is 5.02 Å². The highest BCUT2D eigenvalue weighted by molar-refractivity contribution is 6.31. The van der Waals surface area contributed by atoms with Gasteiger partial charge in [0.15, 0.2) is 17.5 Å². The summed E-state index contributed by atoms with van der Waals surface area (Å²) < 4.78 is 25.9. The molecule has 1 saturated carbocycles. The Hall–Kier alpha value is -3.28. The van der Waals surface area contributed by atoms with Gasteiger partial charge in [-0.1, -0.05) is 18.5 Å². The Bertz CT molecular complexity index is 1170. The average molecular weight is 534 g/mol. The number of hydrazine groups is 1. The summed E-state index contributed by atoms with van der Waals surface area (Å²) in [5.41, 5.74) is 7.08. The summed E-state index contributed by atoms with van der Waals surface area (Å²) in [6.07, 6.45) is 5.06. The molecule has 0 saturated heterocycles. The topological polar surface area (TPSA) is 126 Å². The second-order valence-corrected chi connectivity index (χ2v) is 9.05. The van der Waals surface area contributed by atoms with Crippen LogP contribution in [-0.4, -0.2) is 54.7 Å². The number of oxazole rings is 1. The quantitative estimate of drug-likeness (QED) is 0.150. The van der Waals surface area contributed by atoms with E-state index in [0.29, 0.717) is 53.5 Å². The van der Waals surface area contributed by atoms with Gasteiger partial charge in [0.1, 0.15) is 11.4 Å². The number of methoxy groups -OCH3 is 1. The van der Waals surface area contributed by atoms with E-state index >= 15 is 4.39 Å². The summed E-state index contributed by atoms with van der Waals surface area (Å²) >= 11 is 6.33. The molecular formula is C25H33ClFN7O3. The van der Waals surface area contributed by atoms with Gasteiger partial charge in [0, 0.05) is 56.1 Å². The number of aromatic nitrogens is 3. The maximum absolute atomic E-state index is 15.5. The summed E-state index contributed by atoms with van der Waals surface area (Å²) in [7, 11) is 3.25. The van der Waals surface area contributed by atoms with Gasteiger partial charge >= 0.3 is 0 Å². The van der Waals surface area contributed by atoms with Crippen molar-refractivity contribution in [2.24, 2.45) is 0 Å². The molecule has 12 heteroatoms. The highest BCUT2D eigenvalue weighted by Crippen LogP contribution is 2.44. The van der Waals surface area contributed by atoms with Gasteiger partial charge in [-0.2, -0.15) is 0 Å². The first kappa shape index (κ1) is 28.3. The molecule has 0 unspecified atom stereocenters. The molecule has 4 N–H and O–H groups in total. The van der Waals surface area contributed by atoms with E-state index in [2.05, 4.69) is 41.2 Å². The first-order valence-corrected chi connectivity index (χ1v) is 12.5. The van der Waals surface area contributed by atoms with Crippen molar-refractivity contribution in [3.63, 3.8) is 0 Å². The minimum Gasteiger partial charge on any atom is -0.438 e. The molecule has 2 aromatic heterocycles. The van der Waals surface area contributed by atoms with Crippen molar-refractivity contribution >= 4 is 29.6 Å². The lowest BCUT2D eigenvalue weighted by molar-refractivity contribution is -0.110. The maximum atomic E-state index is 15.5. The molecule has 1 aliphatic rings. The molecule has 2 heterocycles. The van der Waals surface area contributed by atoms with E-state index in [4.69, 9.17) is 16.0 Å². The SMILES string of the molecule is CCCNNc1cc(Cl)cc(-c2nc(C3CC3)oc2-c2ccnc(NC[C@H](C)NC=O)n2)c1F.COC. The standard InChI is InChI=1S/C23H27ClFN7O2.C2H6O/c1-3-7-29-32-18-10-15(24)9-16(19(18)25)20-21(34-22(31-20)14-4-5-14)17-6-8-26-23(30-17)27-11-13(2)28-12-33;1-3-2/h6,8-10,12-14,29,32H,3-5,7,11H2,1-2H3,(H,28,33)(H,26,27,30);1-2H3/t13-;/m0./s1. The predicted molar refractivity (Wildman–Crippen MR) is 142 cm³/mol. The molecule has 0 aliphatic heterocycles. The van der Waals surface area contributed by atoms with E-state index in [1.165, 1.54) is 12.1 Å². The number of carbonyl (C=O) groups excluding carboxylic acids is 1. The highest BCUT2D eigenvalue weighted by Gasteiger charge is 2.32. The molecule has 1 atom stereocenters. The molecule has 4 rings (SSSR count). The average Bonchev–Trinajstić information content (AvgIpc) is 3.64.